The van der Waals surface area contributed by atoms with E-state index in [2.05, 4.69) is 0 Å². The van der Waals surface area contributed by atoms with Crippen molar-refractivity contribution in [1.29, 1.82) is 0 Å². The molecule has 1 unspecified atom stereocenters. The molecule has 0 spiro atoms. The van der Waals surface area contributed by atoms with Gasteiger partial charge in [-0.1, -0.05) is 12.5 Å². The number of carbonyl (C=O) groups is 1. The minimum absolute atomic E-state index is 0.0569. The summed E-state index contributed by atoms with van der Waals surface area (Å²) < 4.78 is 37.8. The minimum atomic E-state index is -0.639. The van der Waals surface area contributed by atoms with Crippen LogP contribution in [0.5, 0.6) is 0 Å². The van der Waals surface area contributed by atoms with E-state index >= 15 is 0 Å². The molecule has 1 aliphatic heterocycles. The minimum Gasteiger partial charge on any atom is -0.384 e. The zero-order valence-electron chi connectivity index (χ0n) is 13.2. The van der Waals surface area contributed by atoms with Crippen LogP contribution >= 0.6 is 0 Å². The highest BCUT2D eigenvalue weighted by atomic mass is 19.1. The van der Waals surface area contributed by atoms with Crippen molar-refractivity contribution in [3.8, 4) is 0 Å². The topological polar surface area (TPSA) is 38.8 Å². The van der Waals surface area contributed by atoms with E-state index in [-0.39, 0.29) is 12.5 Å². The fourth-order valence-electron chi connectivity index (χ4n) is 3.42. The molecule has 1 saturated carbocycles. The predicted molar refractivity (Wildman–Crippen MR) is 79.8 cm³/mol. The fraction of sp³-hybridized carbons (Fsp3) is 0.588. The molecule has 4 nitrogen and oxygen atoms in total. The molecule has 1 heterocycles. The zero-order valence-corrected chi connectivity index (χ0v) is 13.2. The van der Waals surface area contributed by atoms with Gasteiger partial charge in [0, 0.05) is 25.3 Å². The molecule has 1 aromatic carbocycles. The molecule has 126 valence electrons. The van der Waals surface area contributed by atoms with Crippen LogP contribution < -0.4 is 0 Å². The number of rotatable bonds is 4. The Kier molecular flexibility index (Phi) is 4.64. The second-order valence-electron chi connectivity index (χ2n) is 6.34. The second kappa shape index (κ2) is 6.53. The lowest BCUT2D eigenvalue weighted by Gasteiger charge is -2.45. The summed E-state index contributed by atoms with van der Waals surface area (Å²) in [7, 11) is 1.60. The molecule has 2 fully saturated rings. The Hall–Kier alpha value is -1.53. The highest BCUT2D eigenvalue weighted by Gasteiger charge is 2.47. The first-order valence-corrected chi connectivity index (χ1v) is 7.91. The molecule has 1 saturated heterocycles. The maximum absolute atomic E-state index is 14.0. The van der Waals surface area contributed by atoms with Crippen molar-refractivity contribution in [2.75, 3.05) is 33.4 Å². The van der Waals surface area contributed by atoms with Crippen LogP contribution in [0.1, 0.15) is 30.9 Å². The third-order valence-electron chi connectivity index (χ3n) is 4.85. The zero-order chi connectivity index (χ0) is 16.4. The second-order valence-corrected chi connectivity index (χ2v) is 6.34. The summed E-state index contributed by atoms with van der Waals surface area (Å²) >= 11 is 0. The number of hydrogen-bond donors (Lipinski definition) is 0. The smallest absolute Gasteiger partial charge is 0.231 e. The van der Waals surface area contributed by atoms with Crippen LogP contribution in [0, 0.1) is 17.0 Å². The third kappa shape index (κ3) is 3.10. The maximum atomic E-state index is 14.0. The summed E-state index contributed by atoms with van der Waals surface area (Å²) in [6.45, 7) is 1.53. The number of carbonyl (C=O) groups excluding carboxylic acids is 1. The normalized spacial score (nSPS) is 23.4. The van der Waals surface area contributed by atoms with E-state index in [1.807, 2.05) is 0 Å². The van der Waals surface area contributed by atoms with Gasteiger partial charge in [-0.15, -0.1) is 0 Å². The van der Waals surface area contributed by atoms with Crippen molar-refractivity contribution in [1.82, 2.24) is 4.90 Å². The Bertz CT molecular complexity index is 589. The van der Waals surface area contributed by atoms with E-state index in [4.69, 9.17) is 9.47 Å². The number of ether oxygens (including phenoxy) is 2. The summed E-state index contributed by atoms with van der Waals surface area (Å²) in [5.74, 6) is -1.20. The Morgan fingerprint density at radius 2 is 2.22 bits per heavy atom. The summed E-state index contributed by atoms with van der Waals surface area (Å²) in [6, 6.07) is 3.44. The van der Waals surface area contributed by atoms with E-state index in [1.165, 1.54) is 12.1 Å². The van der Waals surface area contributed by atoms with E-state index in [0.717, 1.165) is 25.3 Å². The lowest BCUT2D eigenvalue weighted by atomic mass is 9.68. The van der Waals surface area contributed by atoms with Crippen LogP contribution in [0.2, 0.25) is 0 Å². The van der Waals surface area contributed by atoms with E-state index in [0.29, 0.717) is 25.3 Å². The largest absolute Gasteiger partial charge is 0.384 e. The third-order valence-corrected chi connectivity index (χ3v) is 4.85. The van der Waals surface area contributed by atoms with Crippen LogP contribution in [0.15, 0.2) is 18.2 Å². The quantitative estimate of drug-likeness (QED) is 0.854. The Balaban J connectivity index is 1.74. The van der Waals surface area contributed by atoms with Crippen molar-refractivity contribution < 1.29 is 23.0 Å². The molecule has 0 bridgehead atoms. The molecule has 0 aromatic heterocycles. The first kappa shape index (κ1) is 16.3. The average molecular weight is 325 g/mol. The SMILES string of the molecule is COCC1(C(=O)N2CCOC(c3ccc(F)cc3F)C2)CCC1. The summed E-state index contributed by atoms with van der Waals surface area (Å²) in [5.41, 5.74) is -0.142. The molecule has 1 amide bonds. The highest BCUT2D eigenvalue weighted by Crippen LogP contribution is 2.43. The van der Waals surface area contributed by atoms with Crippen molar-refractivity contribution in [2.24, 2.45) is 5.41 Å². The lowest BCUT2D eigenvalue weighted by molar-refractivity contribution is -0.159. The van der Waals surface area contributed by atoms with Gasteiger partial charge in [-0.3, -0.25) is 4.79 Å². The number of halogens is 2. The summed E-state index contributed by atoms with van der Waals surface area (Å²) in [5, 5.41) is 0. The van der Waals surface area contributed by atoms with Crippen molar-refractivity contribution >= 4 is 5.91 Å². The van der Waals surface area contributed by atoms with Gasteiger partial charge in [0.2, 0.25) is 5.91 Å². The van der Waals surface area contributed by atoms with Gasteiger partial charge < -0.3 is 14.4 Å². The Labute approximate surface area is 134 Å². The summed E-state index contributed by atoms with van der Waals surface area (Å²) in [6.07, 6.45) is 2.11. The Morgan fingerprint density at radius 3 is 2.83 bits per heavy atom. The maximum Gasteiger partial charge on any atom is 0.231 e. The van der Waals surface area contributed by atoms with Crippen LogP contribution in [-0.2, 0) is 14.3 Å². The van der Waals surface area contributed by atoms with Crippen molar-refractivity contribution in [3.05, 3.63) is 35.4 Å². The van der Waals surface area contributed by atoms with Gasteiger partial charge in [0.25, 0.3) is 0 Å². The molecule has 1 aromatic rings. The number of methoxy groups -OCH3 is 1. The van der Waals surface area contributed by atoms with Gasteiger partial charge >= 0.3 is 0 Å². The first-order chi connectivity index (χ1) is 11.1. The van der Waals surface area contributed by atoms with Gasteiger partial charge in [0.05, 0.1) is 25.2 Å². The van der Waals surface area contributed by atoms with Gasteiger partial charge in [-0.2, -0.15) is 0 Å². The molecule has 0 N–H and O–H groups in total. The van der Waals surface area contributed by atoms with Crippen LogP contribution in [0.25, 0.3) is 0 Å². The van der Waals surface area contributed by atoms with Crippen molar-refractivity contribution in [2.45, 2.75) is 25.4 Å². The molecule has 2 aliphatic rings. The molecule has 3 rings (SSSR count). The first-order valence-electron chi connectivity index (χ1n) is 7.91. The van der Waals surface area contributed by atoms with Gasteiger partial charge in [0.1, 0.15) is 17.7 Å². The number of benzene rings is 1. The monoisotopic (exact) mass is 325 g/mol. The lowest BCUT2D eigenvalue weighted by Crippen LogP contribution is -2.53. The molecule has 6 heteroatoms. The number of amides is 1. The van der Waals surface area contributed by atoms with Crippen LogP contribution in [0.4, 0.5) is 8.78 Å². The standard InChI is InChI=1S/C17H21F2NO3/c1-22-11-17(5-2-6-17)16(21)20-7-8-23-15(10-20)13-4-3-12(18)9-14(13)19/h3-4,9,15H,2,5-8,10-11H2,1H3. The molecule has 0 radical (unpaired) electrons. The predicted octanol–water partition coefficient (Wildman–Crippen LogP) is 2.68. The average Bonchev–Trinajstić information content (AvgIpc) is 2.50. The van der Waals surface area contributed by atoms with Gasteiger partial charge in [0.15, 0.2) is 0 Å². The van der Waals surface area contributed by atoms with Crippen molar-refractivity contribution in [3.63, 3.8) is 0 Å². The van der Waals surface area contributed by atoms with E-state index in [1.54, 1.807) is 12.0 Å². The van der Waals surface area contributed by atoms with Gasteiger partial charge in [-0.25, -0.2) is 8.78 Å². The molecule has 1 atom stereocenters. The molecule has 1 aliphatic carbocycles. The molecule has 23 heavy (non-hydrogen) atoms. The molecular weight excluding hydrogens is 304 g/mol. The Morgan fingerprint density at radius 1 is 1.43 bits per heavy atom. The number of hydrogen-bond acceptors (Lipinski definition) is 3. The number of morpholine rings is 1. The number of nitrogens with zero attached hydrogens (tertiary/aromatic N) is 1. The van der Waals surface area contributed by atoms with Crippen LogP contribution in [0.3, 0.4) is 0 Å². The molecular formula is C17H21F2NO3. The van der Waals surface area contributed by atoms with E-state index in [9.17, 15) is 13.6 Å². The van der Waals surface area contributed by atoms with Gasteiger partial charge in [-0.05, 0) is 18.9 Å². The highest BCUT2D eigenvalue weighted by molar-refractivity contribution is 5.84. The van der Waals surface area contributed by atoms with E-state index < -0.39 is 23.2 Å². The van der Waals surface area contributed by atoms with Crippen LogP contribution in [-0.4, -0.2) is 44.2 Å². The summed E-state index contributed by atoms with van der Waals surface area (Å²) in [4.78, 5) is 14.6. The fourth-order valence-corrected chi connectivity index (χ4v) is 3.42.